The van der Waals surface area contributed by atoms with Crippen LogP contribution in [0, 0.1) is 17.8 Å². The van der Waals surface area contributed by atoms with E-state index in [1.165, 1.54) is 51.1 Å². The minimum absolute atomic E-state index is 0.907. The van der Waals surface area contributed by atoms with Crippen LogP contribution in [0.5, 0.6) is 5.75 Å². The third-order valence-electron chi connectivity index (χ3n) is 6.30. The molecule has 3 nitrogen and oxygen atoms in total. The number of hydrogen-bond acceptors (Lipinski definition) is 1. The Labute approximate surface area is 153 Å². The third kappa shape index (κ3) is 3.56. The van der Waals surface area contributed by atoms with Crippen LogP contribution in [-0.4, -0.2) is 39.8 Å². The van der Waals surface area contributed by atoms with Crippen molar-refractivity contribution in [2.24, 2.45) is 17.8 Å². The van der Waals surface area contributed by atoms with E-state index in [4.69, 9.17) is 4.74 Å². The maximum Gasteiger partial charge on any atom is 0.133 e. The molecule has 1 aromatic rings. The zero-order chi connectivity index (χ0) is 16.5. The summed E-state index contributed by atoms with van der Waals surface area (Å²) < 4.78 is 6.39. The van der Waals surface area contributed by atoms with Crippen molar-refractivity contribution in [3.05, 3.63) is 40.4 Å². The average molecular weight is 393 g/mol. The van der Waals surface area contributed by atoms with Crippen LogP contribution in [0.1, 0.15) is 18.4 Å². The van der Waals surface area contributed by atoms with E-state index >= 15 is 0 Å². The Hall–Kier alpha value is -0.840. The molecule has 4 heteroatoms. The van der Waals surface area contributed by atoms with Crippen LogP contribution in [0.15, 0.2) is 34.8 Å². The van der Waals surface area contributed by atoms with E-state index in [0.717, 1.165) is 34.5 Å². The fraction of sp³-hybridized carbons (Fsp3) is 0.600. The van der Waals surface area contributed by atoms with E-state index in [9.17, 15) is 0 Å². The molecule has 4 rings (SSSR count). The van der Waals surface area contributed by atoms with Gasteiger partial charge in [-0.2, -0.15) is 0 Å². The first-order valence-electron chi connectivity index (χ1n) is 9.39. The summed E-state index contributed by atoms with van der Waals surface area (Å²) in [6, 6.07) is 6.49. The van der Waals surface area contributed by atoms with Gasteiger partial charge in [0.15, 0.2) is 0 Å². The van der Waals surface area contributed by atoms with Crippen LogP contribution in [0.4, 0.5) is 0 Å². The molecule has 1 saturated heterocycles. The molecule has 24 heavy (non-hydrogen) atoms. The zero-order valence-electron chi connectivity index (χ0n) is 14.6. The molecule has 3 aliphatic rings. The second kappa shape index (κ2) is 7.19. The lowest BCUT2D eigenvalue weighted by atomic mass is 9.93. The summed E-state index contributed by atoms with van der Waals surface area (Å²) in [7, 11) is 1.72. The van der Waals surface area contributed by atoms with E-state index in [-0.39, 0.29) is 0 Å². The number of hydrogen-bond donors (Lipinski definition) is 2. The number of benzene rings is 1. The molecule has 0 unspecified atom stereocenters. The van der Waals surface area contributed by atoms with Gasteiger partial charge in [-0.1, -0.05) is 12.2 Å². The summed E-state index contributed by atoms with van der Waals surface area (Å²) in [4.78, 5) is 3.57. The van der Waals surface area contributed by atoms with Crippen molar-refractivity contribution in [1.82, 2.24) is 0 Å². The summed E-state index contributed by atoms with van der Waals surface area (Å²) in [5.74, 6) is 3.71. The van der Waals surface area contributed by atoms with Crippen LogP contribution in [0.25, 0.3) is 0 Å². The molecule has 2 fully saturated rings. The maximum absolute atomic E-state index is 5.33. The number of nitrogens with one attached hydrogen (secondary N) is 2. The van der Waals surface area contributed by atoms with Gasteiger partial charge in [0, 0.05) is 11.5 Å². The van der Waals surface area contributed by atoms with E-state index in [2.05, 4.69) is 46.3 Å². The molecule has 1 saturated carbocycles. The SMILES string of the molecule is COc1ccc(C[NH+]2CC[NH+](C[C@@H]3C[C@@H]4C=C[C@H]3C4)CC2)cc1Br. The lowest BCUT2D eigenvalue weighted by Gasteiger charge is -2.32. The van der Waals surface area contributed by atoms with Crippen molar-refractivity contribution in [2.75, 3.05) is 39.8 Å². The summed E-state index contributed by atoms with van der Waals surface area (Å²) in [6.07, 6.45) is 7.87. The molecule has 0 amide bonds. The Balaban J connectivity index is 1.25. The van der Waals surface area contributed by atoms with E-state index in [0.29, 0.717) is 0 Å². The van der Waals surface area contributed by atoms with Gasteiger partial charge in [0.1, 0.15) is 38.5 Å². The number of allylic oxidation sites excluding steroid dienone is 2. The monoisotopic (exact) mass is 392 g/mol. The first kappa shape index (κ1) is 16.6. The van der Waals surface area contributed by atoms with Crippen molar-refractivity contribution in [1.29, 1.82) is 0 Å². The van der Waals surface area contributed by atoms with Gasteiger partial charge in [0.2, 0.25) is 0 Å². The fourth-order valence-electron chi connectivity index (χ4n) is 4.95. The Kier molecular flexibility index (Phi) is 4.98. The molecule has 1 aromatic carbocycles. The minimum Gasteiger partial charge on any atom is -0.496 e. The molecular weight excluding hydrogens is 364 g/mol. The summed E-state index contributed by atoms with van der Waals surface area (Å²) in [5, 5.41) is 0. The Morgan fingerprint density at radius 1 is 1.08 bits per heavy atom. The molecule has 0 spiro atoms. The Morgan fingerprint density at radius 3 is 2.50 bits per heavy atom. The highest BCUT2D eigenvalue weighted by atomic mass is 79.9. The van der Waals surface area contributed by atoms with Gasteiger partial charge in [0.05, 0.1) is 18.1 Å². The molecule has 1 aliphatic heterocycles. The third-order valence-corrected chi connectivity index (χ3v) is 6.92. The molecule has 0 aromatic heterocycles. The van der Waals surface area contributed by atoms with Crippen LogP contribution >= 0.6 is 15.9 Å². The van der Waals surface area contributed by atoms with Gasteiger partial charge in [-0.05, 0) is 58.8 Å². The standard InChI is InChI=1S/C20H27BrN2O/c1-24-20-5-3-16(12-19(20)21)13-22-6-8-23(9-7-22)14-18-11-15-2-4-17(18)10-15/h2-5,12,15,17-18H,6-11,13-14H2,1H3/p+2/t15-,17+,18+/m1/s1. The number of halogens is 1. The zero-order valence-corrected chi connectivity index (χ0v) is 16.1. The molecule has 3 atom stereocenters. The van der Waals surface area contributed by atoms with Gasteiger partial charge in [-0.3, -0.25) is 0 Å². The smallest absolute Gasteiger partial charge is 0.133 e. The molecule has 0 radical (unpaired) electrons. The maximum atomic E-state index is 5.33. The van der Waals surface area contributed by atoms with Gasteiger partial charge < -0.3 is 14.5 Å². The van der Waals surface area contributed by atoms with Gasteiger partial charge >= 0.3 is 0 Å². The van der Waals surface area contributed by atoms with Crippen molar-refractivity contribution in [3.63, 3.8) is 0 Å². The van der Waals surface area contributed by atoms with Crippen molar-refractivity contribution < 1.29 is 14.5 Å². The first-order chi connectivity index (χ1) is 11.7. The summed E-state index contributed by atoms with van der Waals surface area (Å²) in [5.41, 5.74) is 1.40. The van der Waals surface area contributed by atoms with Gasteiger partial charge in [0.25, 0.3) is 0 Å². The number of methoxy groups -OCH3 is 1. The highest BCUT2D eigenvalue weighted by molar-refractivity contribution is 9.10. The summed E-state index contributed by atoms with van der Waals surface area (Å²) in [6.45, 7) is 7.82. The minimum atomic E-state index is 0.907. The van der Waals surface area contributed by atoms with Crippen molar-refractivity contribution in [2.45, 2.75) is 19.4 Å². The average Bonchev–Trinajstić information content (AvgIpc) is 3.20. The topological polar surface area (TPSA) is 18.1 Å². The first-order valence-corrected chi connectivity index (χ1v) is 10.2. The number of quaternary nitrogens is 2. The van der Waals surface area contributed by atoms with Crippen molar-refractivity contribution >= 4 is 15.9 Å². The second-order valence-corrected chi connectivity index (χ2v) is 8.74. The number of rotatable bonds is 5. The van der Waals surface area contributed by atoms with E-state index in [1.807, 2.05) is 4.90 Å². The lowest BCUT2D eigenvalue weighted by Crippen LogP contribution is -3.27. The molecule has 2 N–H and O–H groups in total. The molecular formula is C20H29BrN2O+2. The van der Waals surface area contributed by atoms with Gasteiger partial charge in [-0.15, -0.1) is 0 Å². The normalized spacial score (nSPS) is 34.7. The highest BCUT2D eigenvalue weighted by Gasteiger charge is 2.38. The number of fused-ring (bicyclic) bond motifs is 2. The number of ether oxygens (including phenoxy) is 1. The van der Waals surface area contributed by atoms with Crippen LogP contribution in [-0.2, 0) is 6.54 Å². The number of piperazine rings is 1. The van der Waals surface area contributed by atoms with Crippen LogP contribution < -0.4 is 14.5 Å². The van der Waals surface area contributed by atoms with Crippen LogP contribution in [0.3, 0.4) is 0 Å². The lowest BCUT2D eigenvalue weighted by molar-refractivity contribution is -1.02. The highest BCUT2D eigenvalue weighted by Crippen LogP contribution is 2.42. The quantitative estimate of drug-likeness (QED) is 0.714. The van der Waals surface area contributed by atoms with Crippen LogP contribution in [0.2, 0.25) is 0 Å². The van der Waals surface area contributed by atoms with Gasteiger partial charge in [-0.25, -0.2) is 0 Å². The predicted molar refractivity (Wildman–Crippen MR) is 99.5 cm³/mol. The second-order valence-electron chi connectivity index (χ2n) is 7.89. The molecule has 130 valence electrons. The summed E-state index contributed by atoms with van der Waals surface area (Å²) >= 11 is 3.60. The molecule has 1 heterocycles. The van der Waals surface area contributed by atoms with E-state index < -0.39 is 0 Å². The van der Waals surface area contributed by atoms with E-state index in [1.54, 1.807) is 12.0 Å². The Bertz CT molecular complexity index is 610. The molecule has 2 aliphatic carbocycles. The fourth-order valence-corrected chi connectivity index (χ4v) is 5.53. The van der Waals surface area contributed by atoms with Crippen molar-refractivity contribution in [3.8, 4) is 5.75 Å². The predicted octanol–water partition coefficient (Wildman–Crippen LogP) is 0.953. The largest absolute Gasteiger partial charge is 0.496 e. The molecule has 2 bridgehead atoms. The Morgan fingerprint density at radius 2 is 1.88 bits per heavy atom.